The second-order valence-corrected chi connectivity index (χ2v) is 5.76. The van der Waals surface area contributed by atoms with Crippen molar-refractivity contribution >= 4 is 6.01 Å². The van der Waals surface area contributed by atoms with Gasteiger partial charge in [0, 0.05) is 25.4 Å². The average Bonchev–Trinajstić information content (AvgIpc) is 3.15. The molecule has 1 aromatic carbocycles. The SMILES string of the molecule is Cn1ccnc1[C@@H](Nc1nc(C2CC2)no1)c1ccc(F)cc1. The third kappa shape index (κ3) is 2.81. The highest BCUT2D eigenvalue weighted by atomic mass is 19.1. The highest BCUT2D eigenvalue weighted by Crippen LogP contribution is 2.38. The highest BCUT2D eigenvalue weighted by Gasteiger charge is 2.29. The van der Waals surface area contributed by atoms with Crippen LogP contribution >= 0.6 is 0 Å². The molecule has 0 aliphatic heterocycles. The molecule has 3 aromatic rings. The van der Waals surface area contributed by atoms with Gasteiger partial charge in [-0.2, -0.15) is 4.98 Å². The first-order valence-electron chi connectivity index (χ1n) is 7.53. The molecule has 1 saturated carbocycles. The average molecular weight is 313 g/mol. The van der Waals surface area contributed by atoms with Crippen molar-refractivity contribution in [1.82, 2.24) is 19.7 Å². The maximum absolute atomic E-state index is 13.2. The number of hydrogen-bond donors (Lipinski definition) is 1. The van der Waals surface area contributed by atoms with Gasteiger partial charge in [0.1, 0.15) is 17.7 Å². The van der Waals surface area contributed by atoms with Crippen molar-refractivity contribution in [2.45, 2.75) is 24.8 Å². The summed E-state index contributed by atoms with van der Waals surface area (Å²) in [6, 6.07) is 6.35. The third-order valence-corrected chi connectivity index (χ3v) is 3.97. The lowest BCUT2D eigenvalue weighted by molar-refractivity contribution is 0.420. The summed E-state index contributed by atoms with van der Waals surface area (Å²) in [5, 5.41) is 7.22. The third-order valence-electron chi connectivity index (χ3n) is 3.97. The Kier molecular flexibility index (Phi) is 3.33. The van der Waals surface area contributed by atoms with E-state index in [-0.39, 0.29) is 11.9 Å². The molecule has 2 aromatic heterocycles. The van der Waals surface area contributed by atoms with E-state index in [9.17, 15) is 4.39 Å². The fraction of sp³-hybridized carbons (Fsp3) is 0.312. The maximum atomic E-state index is 13.2. The summed E-state index contributed by atoms with van der Waals surface area (Å²) in [6.45, 7) is 0. The predicted octanol–water partition coefficient (Wildman–Crippen LogP) is 3.02. The Hall–Kier alpha value is -2.70. The zero-order chi connectivity index (χ0) is 15.8. The van der Waals surface area contributed by atoms with Gasteiger partial charge in [-0.1, -0.05) is 17.3 Å². The molecule has 23 heavy (non-hydrogen) atoms. The number of halogens is 1. The minimum atomic E-state index is -0.303. The molecule has 2 heterocycles. The molecular weight excluding hydrogens is 297 g/mol. The van der Waals surface area contributed by atoms with E-state index in [1.807, 2.05) is 17.8 Å². The number of nitrogens with zero attached hydrogens (tertiary/aromatic N) is 4. The van der Waals surface area contributed by atoms with Crippen LogP contribution in [0.1, 0.15) is 42.0 Å². The van der Waals surface area contributed by atoms with Gasteiger partial charge in [0.05, 0.1) is 0 Å². The van der Waals surface area contributed by atoms with Crippen LogP contribution in [-0.2, 0) is 7.05 Å². The topological polar surface area (TPSA) is 68.8 Å². The summed E-state index contributed by atoms with van der Waals surface area (Å²) in [7, 11) is 1.91. The lowest BCUT2D eigenvalue weighted by Crippen LogP contribution is -2.17. The summed E-state index contributed by atoms with van der Waals surface area (Å²) in [5.41, 5.74) is 0.867. The van der Waals surface area contributed by atoms with Gasteiger partial charge < -0.3 is 14.4 Å². The molecule has 0 saturated heterocycles. The lowest BCUT2D eigenvalue weighted by Gasteiger charge is -2.17. The number of anilines is 1. The number of nitrogens with one attached hydrogen (secondary N) is 1. The lowest BCUT2D eigenvalue weighted by atomic mass is 10.1. The molecule has 0 unspecified atom stereocenters. The molecule has 1 N–H and O–H groups in total. The molecule has 0 amide bonds. The molecule has 0 bridgehead atoms. The van der Waals surface area contributed by atoms with E-state index in [2.05, 4.69) is 20.4 Å². The zero-order valence-electron chi connectivity index (χ0n) is 12.6. The summed E-state index contributed by atoms with van der Waals surface area (Å²) in [5.74, 6) is 1.67. The van der Waals surface area contributed by atoms with Crippen LogP contribution in [0.2, 0.25) is 0 Å². The zero-order valence-corrected chi connectivity index (χ0v) is 12.6. The second kappa shape index (κ2) is 5.49. The summed E-state index contributed by atoms with van der Waals surface area (Å²) in [6.07, 6.45) is 5.80. The Morgan fingerprint density at radius 2 is 2.09 bits per heavy atom. The van der Waals surface area contributed by atoms with Gasteiger partial charge in [-0.05, 0) is 30.5 Å². The van der Waals surface area contributed by atoms with Gasteiger partial charge in [-0.3, -0.25) is 0 Å². The van der Waals surface area contributed by atoms with Gasteiger partial charge in [0.15, 0.2) is 5.82 Å². The molecule has 1 aliphatic rings. The van der Waals surface area contributed by atoms with Crippen molar-refractivity contribution < 1.29 is 8.91 Å². The Morgan fingerprint density at radius 3 is 2.74 bits per heavy atom. The Morgan fingerprint density at radius 1 is 1.30 bits per heavy atom. The molecule has 1 atom stereocenters. The van der Waals surface area contributed by atoms with Gasteiger partial charge in [-0.25, -0.2) is 9.37 Å². The standard InChI is InChI=1S/C16H16FN5O/c1-22-9-8-18-15(22)13(10-4-6-12(17)7-5-10)19-16-20-14(21-23-16)11-2-3-11/h4-9,11,13H,2-3H2,1H3,(H,19,20,21)/t13-/m0/s1. The molecular formula is C16H16FN5O. The van der Waals surface area contributed by atoms with Crippen LogP contribution in [-0.4, -0.2) is 19.7 Å². The van der Waals surface area contributed by atoms with E-state index in [0.29, 0.717) is 11.9 Å². The van der Waals surface area contributed by atoms with Crippen LogP contribution in [0, 0.1) is 5.82 Å². The van der Waals surface area contributed by atoms with Crippen molar-refractivity contribution in [1.29, 1.82) is 0 Å². The minimum absolute atomic E-state index is 0.277. The van der Waals surface area contributed by atoms with Crippen molar-refractivity contribution in [3.63, 3.8) is 0 Å². The smallest absolute Gasteiger partial charge is 0.322 e. The number of imidazole rings is 1. The van der Waals surface area contributed by atoms with Gasteiger partial charge in [-0.15, -0.1) is 0 Å². The number of aromatic nitrogens is 4. The molecule has 1 fully saturated rings. The first-order chi connectivity index (χ1) is 11.2. The van der Waals surface area contributed by atoms with Crippen molar-refractivity contribution in [2.75, 3.05) is 5.32 Å². The van der Waals surface area contributed by atoms with Gasteiger partial charge in [0.2, 0.25) is 0 Å². The Balaban J connectivity index is 1.66. The highest BCUT2D eigenvalue weighted by molar-refractivity contribution is 5.35. The van der Waals surface area contributed by atoms with E-state index in [4.69, 9.17) is 4.52 Å². The maximum Gasteiger partial charge on any atom is 0.322 e. The first-order valence-corrected chi connectivity index (χ1v) is 7.53. The van der Waals surface area contributed by atoms with Crippen molar-refractivity contribution in [2.24, 2.45) is 7.05 Å². The van der Waals surface area contributed by atoms with E-state index < -0.39 is 0 Å². The largest absolute Gasteiger partial charge is 0.336 e. The van der Waals surface area contributed by atoms with Crippen LogP contribution in [0.25, 0.3) is 0 Å². The first kappa shape index (κ1) is 13.9. The van der Waals surface area contributed by atoms with Crippen LogP contribution in [0.15, 0.2) is 41.2 Å². The summed E-state index contributed by atoms with van der Waals surface area (Å²) >= 11 is 0. The number of hydrogen-bond acceptors (Lipinski definition) is 5. The predicted molar refractivity (Wildman–Crippen MR) is 81.3 cm³/mol. The van der Waals surface area contributed by atoms with E-state index in [0.717, 1.165) is 30.1 Å². The van der Waals surface area contributed by atoms with Crippen LogP contribution in [0.4, 0.5) is 10.4 Å². The van der Waals surface area contributed by atoms with Gasteiger partial charge >= 0.3 is 6.01 Å². The van der Waals surface area contributed by atoms with Crippen LogP contribution < -0.4 is 5.32 Å². The molecule has 118 valence electrons. The van der Waals surface area contributed by atoms with Crippen LogP contribution in [0.3, 0.4) is 0 Å². The summed E-state index contributed by atoms with van der Waals surface area (Å²) in [4.78, 5) is 8.78. The molecule has 7 heteroatoms. The van der Waals surface area contributed by atoms with Gasteiger partial charge in [0.25, 0.3) is 0 Å². The fourth-order valence-electron chi connectivity index (χ4n) is 2.53. The van der Waals surface area contributed by atoms with E-state index in [1.165, 1.54) is 12.1 Å². The Labute approximate surface area is 132 Å². The number of rotatable bonds is 5. The van der Waals surface area contributed by atoms with E-state index >= 15 is 0 Å². The molecule has 0 radical (unpaired) electrons. The quantitative estimate of drug-likeness (QED) is 0.784. The summed E-state index contributed by atoms with van der Waals surface area (Å²) < 4.78 is 20.4. The van der Waals surface area contributed by atoms with E-state index in [1.54, 1.807) is 18.3 Å². The molecule has 0 spiro atoms. The monoisotopic (exact) mass is 313 g/mol. The van der Waals surface area contributed by atoms with Crippen molar-refractivity contribution in [3.05, 3.63) is 59.7 Å². The number of benzene rings is 1. The molecule has 4 rings (SSSR count). The second-order valence-electron chi connectivity index (χ2n) is 5.76. The normalized spacial score (nSPS) is 15.6. The minimum Gasteiger partial charge on any atom is -0.336 e. The van der Waals surface area contributed by atoms with Crippen LogP contribution in [0.5, 0.6) is 0 Å². The molecule has 1 aliphatic carbocycles. The Bertz CT molecular complexity index is 806. The number of aryl methyl sites for hydroxylation is 1. The van der Waals surface area contributed by atoms with Crippen molar-refractivity contribution in [3.8, 4) is 0 Å². The molecule has 6 nitrogen and oxygen atoms in total. The fourth-order valence-corrected chi connectivity index (χ4v) is 2.53.